The number of aryl methyl sites for hydroxylation is 2. The summed E-state index contributed by atoms with van der Waals surface area (Å²) in [5.74, 6) is 2.16. The minimum atomic E-state index is 0.532. The molecule has 0 fully saturated rings. The number of rotatable bonds is 3. The van der Waals surface area contributed by atoms with E-state index in [1.54, 1.807) is 11.8 Å². The van der Waals surface area contributed by atoms with E-state index in [-0.39, 0.29) is 0 Å². The second-order valence-electron chi connectivity index (χ2n) is 3.89. The molecule has 0 aliphatic carbocycles. The van der Waals surface area contributed by atoms with E-state index in [0.29, 0.717) is 5.82 Å². The van der Waals surface area contributed by atoms with E-state index in [1.165, 1.54) is 11.1 Å². The molecule has 0 radical (unpaired) electrons. The van der Waals surface area contributed by atoms with Crippen LogP contribution in [0.1, 0.15) is 17.0 Å². The maximum atomic E-state index is 5.69. The fourth-order valence-corrected chi connectivity index (χ4v) is 2.59. The molecule has 0 amide bonds. The number of hydrogen-bond donors (Lipinski definition) is 1. The van der Waals surface area contributed by atoms with Gasteiger partial charge in [-0.1, -0.05) is 24.3 Å². The van der Waals surface area contributed by atoms with Crippen molar-refractivity contribution in [1.29, 1.82) is 0 Å². The zero-order chi connectivity index (χ0) is 12.3. The second kappa shape index (κ2) is 5.19. The van der Waals surface area contributed by atoms with Crippen molar-refractivity contribution >= 4 is 17.6 Å². The number of aromatic nitrogens is 2. The highest BCUT2D eigenvalue weighted by Crippen LogP contribution is 2.23. The first-order valence-corrected chi connectivity index (χ1v) is 6.42. The molecule has 0 atom stereocenters. The van der Waals surface area contributed by atoms with E-state index in [2.05, 4.69) is 41.2 Å². The number of nitrogen functional groups attached to an aromatic ring is 1. The third-order valence-corrected chi connectivity index (χ3v) is 3.43. The van der Waals surface area contributed by atoms with E-state index >= 15 is 0 Å². The Labute approximate surface area is 105 Å². The minimum absolute atomic E-state index is 0.532. The highest BCUT2D eigenvalue weighted by atomic mass is 32.2. The summed E-state index contributed by atoms with van der Waals surface area (Å²) < 4.78 is 0. The molecule has 2 N–H and O–H groups in total. The van der Waals surface area contributed by atoms with Gasteiger partial charge in [0.15, 0.2) is 0 Å². The van der Waals surface area contributed by atoms with Crippen LogP contribution in [0.4, 0.5) is 5.82 Å². The predicted molar refractivity (Wildman–Crippen MR) is 71.9 cm³/mol. The number of thioether (sulfide) groups is 1. The molecule has 4 heteroatoms. The van der Waals surface area contributed by atoms with Crippen molar-refractivity contribution in [2.75, 3.05) is 5.73 Å². The Morgan fingerprint density at radius 1 is 1.18 bits per heavy atom. The Hall–Kier alpha value is -1.55. The maximum Gasteiger partial charge on any atom is 0.128 e. The maximum absolute atomic E-state index is 5.69. The highest BCUT2D eigenvalue weighted by molar-refractivity contribution is 7.98. The Kier molecular flexibility index (Phi) is 3.64. The molecule has 88 valence electrons. The lowest BCUT2D eigenvalue weighted by molar-refractivity contribution is 0.975. The fraction of sp³-hybridized carbons (Fsp3) is 0.231. The summed E-state index contributed by atoms with van der Waals surface area (Å²) in [7, 11) is 0. The Balaban J connectivity index is 2.10. The van der Waals surface area contributed by atoms with Crippen LogP contribution in [0.2, 0.25) is 0 Å². The first-order valence-electron chi connectivity index (χ1n) is 5.43. The Bertz CT molecular complexity index is 506. The molecular formula is C13H15N3S. The predicted octanol–water partition coefficient (Wildman–Crippen LogP) is 2.97. The summed E-state index contributed by atoms with van der Waals surface area (Å²) in [6.45, 7) is 3.98. The van der Waals surface area contributed by atoms with Crippen LogP contribution >= 0.6 is 11.8 Å². The number of anilines is 1. The SMILES string of the molecule is Cc1nc(N)cc(SCc2ccccc2C)n1. The van der Waals surface area contributed by atoms with E-state index in [4.69, 9.17) is 5.73 Å². The van der Waals surface area contributed by atoms with E-state index < -0.39 is 0 Å². The van der Waals surface area contributed by atoms with Gasteiger partial charge in [-0.05, 0) is 25.0 Å². The number of benzene rings is 1. The van der Waals surface area contributed by atoms with Gasteiger partial charge in [0.25, 0.3) is 0 Å². The van der Waals surface area contributed by atoms with Crippen LogP contribution in [0.25, 0.3) is 0 Å². The van der Waals surface area contributed by atoms with E-state index in [9.17, 15) is 0 Å². The van der Waals surface area contributed by atoms with Gasteiger partial charge in [0.2, 0.25) is 0 Å². The summed E-state index contributed by atoms with van der Waals surface area (Å²) in [6, 6.07) is 10.2. The van der Waals surface area contributed by atoms with Crippen molar-refractivity contribution in [1.82, 2.24) is 9.97 Å². The lowest BCUT2D eigenvalue weighted by Crippen LogP contribution is -1.96. The van der Waals surface area contributed by atoms with Crippen LogP contribution in [0.15, 0.2) is 35.4 Å². The van der Waals surface area contributed by atoms with Gasteiger partial charge in [-0.25, -0.2) is 9.97 Å². The third kappa shape index (κ3) is 3.20. The quantitative estimate of drug-likeness (QED) is 0.667. The topological polar surface area (TPSA) is 51.8 Å². The smallest absolute Gasteiger partial charge is 0.128 e. The number of nitrogens with two attached hydrogens (primary N) is 1. The van der Waals surface area contributed by atoms with Gasteiger partial charge in [0.1, 0.15) is 16.7 Å². The average Bonchev–Trinajstić information content (AvgIpc) is 2.27. The molecule has 1 aromatic carbocycles. The Morgan fingerprint density at radius 3 is 2.65 bits per heavy atom. The first kappa shape index (κ1) is 11.9. The summed E-state index contributed by atoms with van der Waals surface area (Å²) in [4.78, 5) is 8.41. The lowest BCUT2D eigenvalue weighted by atomic mass is 10.1. The molecule has 0 aliphatic heterocycles. The number of hydrogen-bond acceptors (Lipinski definition) is 4. The molecule has 2 rings (SSSR count). The Morgan fingerprint density at radius 2 is 1.94 bits per heavy atom. The molecule has 0 saturated carbocycles. The normalized spacial score (nSPS) is 10.5. The molecule has 3 nitrogen and oxygen atoms in total. The lowest BCUT2D eigenvalue weighted by Gasteiger charge is -2.05. The van der Waals surface area contributed by atoms with Gasteiger partial charge in [0, 0.05) is 11.8 Å². The minimum Gasteiger partial charge on any atom is -0.384 e. The van der Waals surface area contributed by atoms with E-state index in [0.717, 1.165) is 16.6 Å². The van der Waals surface area contributed by atoms with Gasteiger partial charge in [-0.2, -0.15) is 0 Å². The third-order valence-electron chi connectivity index (χ3n) is 2.47. The molecule has 0 spiro atoms. The zero-order valence-electron chi connectivity index (χ0n) is 9.97. The summed E-state index contributed by atoms with van der Waals surface area (Å²) in [6.07, 6.45) is 0. The molecule has 2 aromatic rings. The van der Waals surface area contributed by atoms with Crippen LogP contribution in [0.3, 0.4) is 0 Å². The summed E-state index contributed by atoms with van der Waals surface area (Å²) in [5.41, 5.74) is 8.32. The largest absolute Gasteiger partial charge is 0.384 e. The van der Waals surface area contributed by atoms with Crippen LogP contribution in [-0.4, -0.2) is 9.97 Å². The van der Waals surface area contributed by atoms with Crippen molar-refractivity contribution in [3.63, 3.8) is 0 Å². The van der Waals surface area contributed by atoms with E-state index in [1.807, 2.05) is 13.0 Å². The van der Waals surface area contributed by atoms with Crippen LogP contribution < -0.4 is 5.73 Å². The first-order chi connectivity index (χ1) is 8.15. The fourth-order valence-electron chi connectivity index (χ4n) is 1.56. The van der Waals surface area contributed by atoms with Crippen molar-refractivity contribution in [3.05, 3.63) is 47.3 Å². The zero-order valence-corrected chi connectivity index (χ0v) is 10.8. The molecular weight excluding hydrogens is 230 g/mol. The number of nitrogens with zero attached hydrogens (tertiary/aromatic N) is 2. The molecule has 0 aliphatic rings. The standard InChI is InChI=1S/C13H15N3S/c1-9-5-3-4-6-11(9)8-17-13-7-12(14)15-10(2)16-13/h3-7H,8H2,1-2H3,(H2,14,15,16). The molecule has 1 heterocycles. The van der Waals surface area contributed by atoms with Crippen molar-refractivity contribution < 1.29 is 0 Å². The van der Waals surface area contributed by atoms with Crippen LogP contribution in [0, 0.1) is 13.8 Å². The van der Waals surface area contributed by atoms with Crippen LogP contribution in [-0.2, 0) is 5.75 Å². The molecule has 0 bridgehead atoms. The van der Waals surface area contributed by atoms with Gasteiger partial charge in [-0.15, -0.1) is 11.8 Å². The summed E-state index contributed by atoms with van der Waals surface area (Å²) >= 11 is 1.68. The summed E-state index contributed by atoms with van der Waals surface area (Å²) in [5, 5.41) is 0.929. The highest BCUT2D eigenvalue weighted by Gasteiger charge is 2.02. The van der Waals surface area contributed by atoms with Gasteiger partial charge in [-0.3, -0.25) is 0 Å². The van der Waals surface area contributed by atoms with Gasteiger partial charge >= 0.3 is 0 Å². The molecule has 0 unspecified atom stereocenters. The van der Waals surface area contributed by atoms with Crippen molar-refractivity contribution in [2.24, 2.45) is 0 Å². The second-order valence-corrected chi connectivity index (χ2v) is 4.89. The monoisotopic (exact) mass is 245 g/mol. The van der Waals surface area contributed by atoms with Gasteiger partial charge < -0.3 is 5.73 Å². The average molecular weight is 245 g/mol. The van der Waals surface area contributed by atoms with Crippen molar-refractivity contribution in [2.45, 2.75) is 24.6 Å². The molecule has 1 aromatic heterocycles. The van der Waals surface area contributed by atoms with Crippen LogP contribution in [0.5, 0.6) is 0 Å². The molecule has 17 heavy (non-hydrogen) atoms. The van der Waals surface area contributed by atoms with Crippen molar-refractivity contribution in [3.8, 4) is 0 Å². The molecule has 0 saturated heterocycles. The van der Waals surface area contributed by atoms with Gasteiger partial charge in [0.05, 0.1) is 0 Å².